The molecule has 1 saturated carbocycles. The Bertz CT molecular complexity index is 1020. The van der Waals surface area contributed by atoms with E-state index >= 15 is 0 Å². The molecule has 1 aromatic heterocycles. The van der Waals surface area contributed by atoms with Crippen LogP contribution in [0.5, 0.6) is 11.6 Å². The van der Waals surface area contributed by atoms with Crippen molar-refractivity contribution in [1.29, 1.82) is 0 Å². The van der Waals surface area contributed by atoms with Gasteiger partial charge in [-0.25, -0.2) is 4.98 Å². The van der Waals surface area contributed by atoms with Crippen molar-refractivity contribution in [2.75, 3.05) is 6.67 Å². The minimum atomic E-state index is -4.41. The van der Waals surface area contributed by atoms with Gasteiger partial charge in [-0.2, -0.15) is 13.2 Å². The zero-order chi connectivity index (χ0) is 22.6. The van der Waals surface area contributed by atoms with Crippen LogP contribution in [0.2, 0.25) is 0 Å². The smallest absolute Gasteiger partial charge is 0.417 e. The molecule has 0 atom stereocenters. The van der Waals surface area contributed by atoms with Crippen LogP contribution in [0.4, 0.5) is 13.2 Å². The topological polar surface area (TPSA) is 37.7 Å². The standard InChI is InChI=1S/C25H26F3N3O/c1-2-23(18-7-10-21(11-8-18)31-14-4-13-29-17-31)19-5-3-6-22(15-19)32-24-12-9-20(16-30-24)25(26,27)28/h3-6,9,12-16,21H,2,7-8,10-11,17H2,1H3. The van der Waals surface area contributed by atoms with E-state index in [9.17, 15) is 13.2 Å². The number of allylic oxidation sites excluding steroid dienone is 3. The SMILES string of the molecule is CCC(=C1CCC(N2C=CC=NC2)CC1)c1cccc(Oc2ccc(C(F)(F)F)cn2)c1. The van der Waals surface area contributed by atoms with Gasteiger partial charge >= 0.3 is 6.18 Å². The summed E-state index contributed by atoms with van der Waals surface area (Å²) in [6.45, 7) is 2.89. The van der Waals surface area contributed by atoms with Crippen molar-refractivity contribution >= 4 is 11.8 Å². The fourth-order valence-electron chi connectivity index (χ4n) is 4.35. The summed E-state index contributed by atoms with van der Waals surface area (Å²) in [5.74, 6) is 0.699. The van der Waals surface area contributed by atoms with Gasteiger partial charge in [-0.1, -0.05) is 24.6 Å². The predicted molar refractivity (Wildman–Crippen MR) is 120 cm³/mol. The van der Waals surface area contributed by atoms with Crippen molar-refractivity contribution < 1.29 is 17.9 Å². The second-order valence-electron chi connectivity index (χ2n) is 8.01. The molecular weight excluding hydrogens is 415 g/mol. The van der Waals surface area contributed by atoms with E-state index < -0.39 is 11.7 Å². The summed E-state index contributed by atoms with van der Waals surface area (Å²) in [4.78, 5) is 10.5. The molecule has 0 bridgehead atoms. The molecule has 4 nitrogen and oxygen atoms in total. The van der Waals surface area contributed by atoms with Crippen LogP contribution in [-0.4, -0.2) is 28.8 Å². The Morgan fingerprint density at radius 1 is 1.16 bits per heavy atom. The van der Waals surface area contributed by atoms with Crippen LogP contribution < -0.4 is 4.74 Å². The van der Waals surface area contributed by atoms with Gasteiger partial charge in [0.05, 0.1) is 5.56 Å². The molecule has 2 aliphatic rings. The van der Waals surface area contributed by atoms with Crippen molar-refractivity contribution in [2.45, 2.75) is 51.2 Å². The second kappa shape index (κ2) is 9.59. The molecular formula is C25H26F3N3O. The van der Waals surface area contributed by atoms with Crippen LogP contribution >= 0.6 is 0 Å². The maximum Gasteiger partial charge on any atom is 0.417 e. The van der Waals surface area contributed by atoms with E-state index in [4.69, 9.17) is 4.74 Å². The number of benzene rings is 1. The highest BCUT2D eigenvalue weighted by Crippen LogP contribution is 2.36. The van der Waals surface area contributed by atoms with Crippen molar-refractivity contribution in [2.24, 2.45) is 4.99 Å². The van der Waals surface area contributed by atoms with Gasteiger partial charge in [0.2, 0.25) is 5.88 Å². The zero-order valence-corrected chi connectivity index (χ0v) is 18.0. The Hall–Kier alpha value is -3.09. The number of rotatable bonds is 5. The lowest BCUT2D eigenvalue weighted by molar-refractivity contribution is -0.137. The number of ether oxygens (including phenoxy) is 1. The van der Waals surface area contributed by atoms with Crippen molar-refractivity contribution in [1.82, 2.24) is 9.88 Å². The maximum atomic E-state index is 12.7. The summed E-state index contributed by atoms with van der Waals surface area (Å²) in [6.07, 6.45) is 7.55. The highest BCUT2D eigenvalue weighted by atomic mass is 19.4. The quantitative estimate of drug-likeness (QED) is 0.509. The highest BCUT2D eigenvalue weighted by molar-refractivity contribution is 5.71. The number of halogens is 3. The van der Waals surface area contributed by atoms with E-state index in [1.807, 2.05) is 24.4 Å². The molecule has 32 heavy (non-hydrogen) atoms. The lowest BCUT2D eigenvalue weighted by Crippen LogP contribution is -2.34. The maximum absolute atomic E-state index is 12.7. The molecule has 0 N–H and O–H groups in total. The second-order valence-corrected chi connectivity index (χ2v) is 8.01. The Morgan fingerprint density at radius 2 is 1.97 bits per heavy atom. The summed E-state index contributed by atoms with van der Waals surface area (Å²) >= 11 is 0. The van der Waals surface area contributed by atoms with Gasteiger partial charge in [0.1, 0.15) is 12.4 Å². The largest absolute Gasteiger partial charge is 0.439 e. The van der Waals surface area contributed by atoms with E-state index in [1.54, 1.807) is 6.07 Å². The van der Waals surface area contributed by atoms with Crippen molar-refractivity contribution in [3.05, 3.63) is 71.6 Å². The lowest BCUT2D eigenvalue weighted by atomic mass is 9.84. The fourth-order valence-corrected chi connectivity index (χ4v) is 4.35. The fraction of sp³-hybridized carbons (Fsp3) is 0.360. The van der Waals surface area contributed by atoms with Gasteiger partial charge in [-0.05, 0) is 67.5 Å². The zero-order valence-electron chi connectivity index (χ0n) is 18.0. The van der Waals surface area contributed by atoms with Crippen LogP contribution in [0.25, 0.3) is 5.57 Å². The molecule has 1 aromatic carbocycles. The van der Waals surface area contributed by atoms with Crippen molar-refractivity contribution in [3.63, 3.8) is 0 Å². The lowest BCUT2D eigenvalue weighted by Gasteiger charge is -2.34. The molecule has 1 aliphatic heterocycles. The third-order valence-corrected chi connectivity index (χ3v) is 5.99. The third-order valence-electron chi connectivity index (χ3n) is 5.99. The van der Waals surface area contributed by atoms with Crippen LogP contribution in [0, 0.1) is 0 Å². The number of hydrogen-bond donors (Lipinski definition) is 0. The minimum absolute atomic E-state index is 0.138. The molecule has 168 valence electrons. The predicted octanol–water partition coefficient (Wildman–Crippen LogP) is 6.86. The number of pyridine rings is 1. The van der Waals surface area contributed by atoms with E-state index in [1.165, 1.54) is 17.2 Å². The third kappa shape index (κ3) is 5.21. The monoisotopic (exact) mass is 441 g/mol. The van der Waals surface area contributed by atoms with E-state index in [0.29, 0.717) is 11.8 Å². The number of nitrogens with zero attached hydrogens (tertiary/aromatic N) is 3. The Balaban J connectivity index is 1.46. The van der Waals surface area contributed by atoms with Gasteiger partial charge < -0.3 is 9.64 Å². The molecule has 0 saturated heterocycles. The molecule has 0 spiro atoms. The van der Waals surface area contributed by atoms with Gasteiger partial charge in [-0.3, -0.25) is 4.99 Å². The summed E-state index contributed by atoms with van der Waals surface area (Å²) in [7, 11) is 0. The molecule has 0 amide bonds. The molecule has 1 aliphatic carbocycles. The number of alkyl halides is 3. The molecule has 0 radical (unpaired) electrons. The molecule has 4 rings (SSSR count). The summed E-state index contributed by atoms with van der Waals surface area (Å²) in [5.41, 5.74) is 3.09. The molecule has 7 heteroatoms. The van der Waals surface area contributed by atoms with Gasteiger partial charge in [0.25, 0.3) is 0 Å². The Morgan fingerprint density at radius 3 is 2.59 bits per heavy atom. The number of aromatic nitrogens is 1. The van der Waals surface area contributed by atoms with Crippen LogP contribution in [0.3, 0.4) is 0 Å². The number of aliphatic imine (C=N–C) groups is 1. The molecule has 1 fully saturated rings. The van der Waals surface area contributed by atoms with Gasteiger partial charge in [0.15, 0.2) is 0 Å². The van der Waals surface area contributed by atoms with E-state index in [0.717, 1.165) is 56.6 Å². The number of hydrogen-bond acceptors (Lipinski definition) is 4. The highest BCUT2D eigenvalue weighted by Gasteiger charge is 2.30. The van der Waals surface area contributed by atoms with Crippen LogP contribution in [0.15, 0.2) is 65.4 Å². The Labute approximate surface area is 186 Å². The van der Waals surface area contributed by atoms with Gasteiger partial charge in [-0.15, -0.1) is 0 Å². The first kappa shape index (κ1) is 22.1. The average Bonchev–Trinajstić information content (AvgIpc) is 2.81. The van der Waals surface area contributed by atoms with Crippen LogP contribution in [-0.2, 0) is 6.18 Å². The van der Waals surface area contributed by atoms with Gasteiger partial charge in [0, 0.05) is 30.7 Å². The summed E-state index contributed by atoms with van der Waals surface area (Å²) in [5, 5.41) is 0. The first-order valence-electron chi connectivity index (χ1n) is 10.9. The summed E-state index contributed by atoms with van der Waals surface area (Å²) in [6, 6.07) is 10.5. The molecule has 2 aromatic rings. The Kier molecular flexibility index (Phi) is 6.63. The minimum Gasteiger partial charge on any atom is -0.439 e. The van der Waals surface area contributed by atoms with E-state index in [-0.39, 0.29) is 5.88 Å². The molecule has 0 unspecified atom stereocenters. The average molecular weight is 441 g/mol. The van der Waals surface area contributed by atoms with Crippen molar-refractivity contribution in [3.8, 4) is 11.6 Å². The first-order valence-corrected chi connectivity index (χ1v) is 10.9. The van der Waals surface area contributed by atoms with E-state index in [2.05, 4.69) is 34.1 Å². The first-order chi connectivity index (χ1) is 15.4. The molecule has 2 heterocycles. The van der Waals surface area contributed by atoms with Crippen LogP contribution in [0.1, 0.15) is 50.2 Å². The summed E-state index contributed by atoms with van der Waals surface area (Å²) < 4.78 is 43.9. The normalized spacial score (nSPS) is 18.7.